The van der Waals surface area contributed by atoms with Gasteiger partial charge in [-0.05, 0) is 31.5 Å². The third kappa shape index (κ3) is 6.32. The Bertz CT molecular complexity index is 851. The molecule has 1 aliphatic rings. The molecule has 0 bridgehead atoms. The van der Waals surface area contributed by atoms with E-state index in [2.05, 4.69) is 39.6 Å². The topological polar surface area (TPSA) is 80.2 Å². The van der Waals surface area contributed by atoms with Crippen LogP contribution in [0.4, 0.5) is 0 Å². The van der Waals surface area contributed by atoms with Gasteiger partial charge in [0.15, 0.2) is 17.5 Å². The number of benzene rings is 1. The second-order valence-corrected chi connectivity index (χ2v) is 8.15. The molecule has 0 saturated carbocycles. The number of guanidine groups is 1. The first-order valence-corrected chi connectivity index (χ1v) is 11.5. The molecule has 1 aromatic carbocycles. The van der Waals surface area contributed by atoms with Crippen molar-refractivity contribution < 1.29 is 14.2 Å². The SMILES string of the molecule is CCNC(=NCc1scnc1C)NCC(c1ccc(OC)c(OC)c1)N1CCOCC1. The van der Waals surface area contributed by atoms with Crippen molar-refractivity contribution in [2.45, 2.75) is 26.4 Å². The average Bonchev–Trinajstić information content (AvgIpc) is 3.22. The predicted molar refractivity (Wildman–Crippen MR) is 124 cm³/mol. The first-order valence-electron chi connectivity index (χ1n) is 10.6. The van der Waals surface area contributed by atoms with Gasteiger partial charge >= 0.3 is 0 Å². The lowest BCUT2D eigenvalue weighted by atomic mass is 10.0. The molecule has 2 aromatic rings. The van der Waals surface area contributed by atoms with Gasteiger partial charge in [-0.2, -0.15) is 0 Å². The van der Waals surface area contributed by atoms with E-state index in [-0.39, 0.29) is 6.04 Å². The lowest BCUT2D eigenvalue weighted by molar-refractivity contribution is 0.0169. The van der Waals surface area contributed by atoms with Gasteiger partial charge in [0, 0.05) is 31.1 Å². The van der Waals surface area contributed by atoms with Crippen LogP contribution >= 0.6 is 11.3 Å². The van der Waals surface area contributed by atoms with E-state index >= 15 is 0 Å². The first-order chi connectivity index (χ1) is 15.2. The van der Waals surface area contributed by atoms with Crippen LogP contribution in [0.3, 0.4) is 0 Å². The first kappa shape index (κ1) is 23.3. The zero-order valence-corrected chi connectivity index (χ0v) is 19.6. The summed E-state index contributed by atoms with van der Waals surface area (Å²) in [5, 5.41) is 6.88. The standard InChI is InChI=1S/C22H33N5O3S/c1-5-23-22(25-14-21-16(2)26-15-31-21)24-13-18(27-8-10-30-11-9-27)17-6-7-19(28-3)20(12-17)29-4/h6-7,12,15,18H,5,8-11,13-14H2,1-4H3,(H2,23,24,25). The lowest BCUT2D eigenvalue weighted by Crippen LogP contribution is -2.46. The average molecular weight is 448 g/mol. The molecule has 2 N–H and O–H groups in total. The molecule has 1 aliphatic heterocycles. The van der Waals surface area contributed by atoms with Gasteiger partial charge in [0.05, 0.1) is 51.2 Å². The molecule has 1 saturated heterocycles. The molecule has 0 spiro atoms. The molecule has 0 amide bonds. The number of rotatable bonds is 9. The number of aliphatic imine (C=N–C) groups is 1. The molecular weight excluding hydrogens is 414 g/mol. The number of hydrogen-bond donors (Lipinski definition) is 2. The van der Waals surface area contributed by atoms with E-state index in [0.29, 0.717) is 13.1 Å². The summed E-state index contributed by atoms with van der Waals surface area (Å²) >= 11 is 1.64. The van der Waals surface area contributed by atoms with Gasteiger partial charge in [-0.1, -0.05) is 6.07 Å². The smallest absolute Gasteiger partial charge is 0.191 e. The van der Waals surface area contributed by atoms with Crippen molar-refractivity contribution in [2.75, 3.05) is 53.6 Å². The van der Waals surface area contributed by atoms with E-state index < -0.39 is 0 Å². The van der Waals surface area contributed by atoms with Crippen LogP contribution in [0.1, 0.15) is 29.1 Å². The van der Waals surface area contributed by atoms with E-state index in [0.717, 1.165) is 56.0 Å². The molecule has 8 nitrogen and oxygen atoms in total. The molecule has 1 atom stereocenters. The number of methoxy groups -OCH3 is 2. The van der Waals surface area contributed by atoms with Crippen LogP contribution in [-0.4, -0.2) is 69.5 Å². The number of nitrogens with one attached hydrogen (secondary N) is 2. The van der Waals surface area contributed by atoms with Crippen LogP contribution in [0.5, 0.6) is 11.5 Å². The summed E-state index contributed by atoms with van der Waals surface area (Å²) in [5.41, 5.74) is 4.08. The van der Waals surface area contributed by atoms with Crippen LogP contribution in [0.2, 0.25) is 0 Å². The van der Waals surface area contributed by atoms with Gasteiger partial charge in [-0.25, -0.2) is 9.98 Å². The Morgan fingerprint density at radius 1 is 1.23 bits per heavy atom. The van der Waals surface area contributed by atoms with Crippen molar-refractivity contribution in [2.24, 2.45) is 4.99 Å². The zero-order chi connectivity index (χ0) is 22.1. The van der Waals surface area contributed by atoms with Crippen molar-refractivity contribution in [3.05, 3.63) is 39.8 Å². The summed E-state index contributed by atoms with van der Waals surface area (Å²) in [6.45, 7) is 9.46. The number of hydrogen-bond acceptors (Lipinski definition) is 7. The van der Waals surface area contributed by atoms with Crippen LogP contribution in [0, 0.1) is 6.92 Å². The highest BCUT2D eigenvalue weighted by atomic mass is 32.1. The van der Waals surface area contributed by atoms with E-state index in [1.165, 1.54) is 10.4 Å². The minimum Gasteiger partial charge on any atom is -0.493 e. The molecule has 0 radical (unpaired) electrons. The predicted octanol–water partition coefficient (Wildman–Crippen LogP) is 2.60. The van der Waals surface area contributed by atoms with E-state index in [4.69, 9.17) is 19.2 Å². The second-order valence-electron chi connectivity index (χ2n) is 7.22. The molecular formula is C22H33N5O3S. The molecule has 2 heterocycles. The maximum Gasteiger partial charge on any atom is 0.191 e. The maximum absolute atomic E-state index is 5.57. The van der Waals surface area contributed by atoms with Gasteiger partial charge in [0.25, 0.3) is 0 Å². The summed E-state index contributed by atoms with van der Waals surface area (Å²) < 4.78 is 16.5. The summed E-state index contributed by atoms with van der Waals surface area (Å²) in [6, 6.07) is 6.28. The zero-order valence-electron chi connectivity index (χ0n) is 18.8. The Hall–Kier alpha value is -2.36. The van der Waals surface area contributed by atoms with E-state index in [1.54, 1.807) is 25.6 Å². The highest BCUT2D eigenvalue weighted by Gasteiger charge is 2.24. The summed E-state index contributed by atoms with van der Waals surface area (Å²) in [6.07, 6.45) is 0. The molecule has 9 heteroatoms. The molecule has 1 fully saturated rings. The number of aromatic nitrogens is 1. The quantitative estimate of drug-likeness (QED) is 0.452. The Morgan fingerprint density at radius 2 is 2.00 bits per heavy atom. The largest absolute Gasteiger partial charge is 0.493 e. The molecule has 1 aromatic heterocycles. The van der Waals surface area contributed by atoms with Crippen molar-refractivity contribution in [3.8, 4) is 11.5 Å². The Morgan fingerprint density at radius 3 is 2.65 bits per heavy atom. The fraction of sp³-hybridized carbons (Fsp3) is 0.545. The number of aryl methyl sites for hydroxylation is 1. The van der Waals surface area contributed by atoms with Gasteiger partial charge in [-0.15, -0.1) is 11.3 Å². The third-order valence-corrected chi connectivity index (χ3v) is 6.23. The molecule has 31 heavy (non-hydrogen) atoms. The normalized spacial score (nSPS) is 16.1. The fourth-order valence-corrected chi connectivity index (χ4v) is 4.27. The summed E-state index contributed by atoms with van der Waals surface area (Å²) in [7, 11) is 3.32. The monoisotopic (exact) mass is 447 g/mol. The minimum atomic E-state index is 0.151. The Balaban J connectivity index is 1.78. The van der Waals surface area contributed by atoms with Gasteiger partial charge in [0.2, 0.25) is 0 Å². The fourth-order valence-electron chi connectivity index (χ4n) is 3.57. The van der Waals surface area contributed by atoms with Crippen molar-refractivity contribution in [1.82, 2.24) is 20.5 Å². The minimum absolute atomic E-state index is 0.151. The Kier molecular flexibility index (Phi) is 8.93. The van der Waals surface area contributed by atoms with Crippen molar-refractivity contribution in [1.29, 1.82) is 0 Å². The highest BCUT2D eigenvalue weighted by molar-refractivity contribution is 7.09. The van der Waals surface area contributed by atoms with Gasteiger partial charge in [-0.3, -0.25) is 4.90 Å². The number of thiazole rings is 1. The highest BCUT2D eigenvalue weighted by Crippen LogP contribution is 2.32. The lowest BCUT2D eigenvalue weighted by Gasteiger charge is -2.35. The molecule has 170 valence electrons. The van der Waals surface area contributed by atoms with Gasteiger partial charge in [0.1, 0.15) is 0 Å². The van der Waals surface area contributed by atoms with Crippen molar-refractivity contribution in [3.63, 3.8) is 0 Å². The van der Waals surface area contributed by atoms with E-state index in [9.17, 15) is 0 Å². The molecule has 1 unspecified atom stereocenters. The van der Waals surface area contributed by atoms with Crippen LogP contribution in [0.25, 0.3) is 0 Å². The Labute approximate surface area is 188 Å². The summed E-state index contributed by atoms with van der Waals surface area (Å²) in [5.74, 6) is 2.27. The van der Waals surface area contributed by atoms with Crippen LogP contribution in [0.15, 0.2) is 28.7 Å². The number of morpholine rings is 1. The number of nitrogens with zero attached hydrogens (tertiary/aromatic N) is 3. The van der Waals surface area contributed by atoms with Crippen LogP contribution in [-0.2, 0) is 11.3 Å². The van der Waals surface area contributed by atoms with E-state index in [1.807, 2.05) is 18.5 Å². The van der Waals surface area contributed by atoms with Gasteiger partial charge < -0.3 is 24.8 Å². The van der Waals surface area contributed by atoms with Crippen molar-refractivity contribution >= 4 is 17.3 Å². The number of ether oxygens (including phenoxy) is 3. The molecule has 3 rings (SSSR count). The maximum atomic E-state index is 5.57. The van der Waals surface area contributed by atoms with Crippen LogP contribution < -0.4 is 20.1 Å². The second kappa shape index (κ2) is 11.9. The third-order valence-electron chi connectivity index (χ3n) is 5.31. The summed E-state index contributed by atoms with van der Waals surface area (Å²) in [4.78, 5) is 12.7. The molecule has 0 aliphatic carbocycles.